The molecule has 2 rings (SSSR count). The van der Waals surface area contributed by atoms with Crippen molar-refractivity contribution in [2.24, 2.45) is 0 Å². The molecule has 17 heavy (non-hydrogen) atoms. The van der Waals surface area contributed by atoms with E-state index in [1.165, 1.54) is 32.1 Å². The number of aromatic nitrogens is 2. The third-order valence-corrected chi connectivity index (χ3v) is 2.80. The van der Waals surface area contributed by atoms with E-state index in [1.807, 2.05) is 0 Å². The van der Waals surface area contributed by atoms with Gasteiger partial charge in [-0.2, -0.15) is 4.98 Å². The van der Waals surface area contributed by atoms with Crippen LogP contribution in [0.5, 0.6) is 0 Å². The van der Waals surface area contributed by atoms with Crippen molar-refractivity contribution in [1.82, 2.24) is 9.97 Å². The minimum atomic E-state index is 0. The van der Waals surface area contributed by atoms with Crippen LogP contribution in [0.15, 0.2) is 6.20 Å². The van der Waals surface area contributed by atoms with Gasteiger partial charge in [-0.1, -0.05) is 19.3 Å². The topological polar surface area (TPSA) is 89.8 Å². The zero-order valence-corrected chi connectivity index (χ0v) is 11.2. The second kappa shape index (κ2) is 7.40. The van der Waals surface area contributed by atoms with E-state index in [0.717, 1.165) is 5.69 Å². The average Bonchev–Trinajstić information content (AvgIpc) is 2.24. The highest BCUT2D eigenvalue weighted by Gasteiger charge is 2.14. The smallest absolute Gasteiger partial charge is 0.222 e. The normalized spacial score (nSPS) is 15.5. The van der Waals surface area contributed by atoms with Gasteiger partial charge in [0.2, 0.25) is 5.95 Å². The van der Waals surface area contributed by atoms with Gasteiger partial charge in [0.1, 0.15) is 0 Å². The summed E-state index contributed by atoms with van der Waals surface area (Å²) in [5, 5.41) is 3.37. The summed E-state index contributed by atoms with van der Waals surface area (Å²) in [4.78, 5) is 7.85. The third-order valence-electron chi connectivity index (χ3n) is 2.80. The highest BCUT2D eigenvalue weighted by molar-refractivity contribution is 5.85. The predicted octanol–water partition coefficient (Wildman–Crippen LogP) is 2.23. The van der Waals surface area contributed by atoms with Crippen molar-refractivity contribution in [3.05, 3.63) is 6.20 Å². The summed E-state index contributed by atoms with van der Waals surface area (Å²) in [6.07, 6.45) is 7.96. The van der Waals surface area contributed by atoms with Crippen LogP contribution >= 0.6 is 24.8 Å². The molecule has 0 spiro atoms. The minimum Gasteiger partial charge on any atom is -0.382 e. The molecule has 5 N–H and O–H groups in total. The highest BCUT2D eigenvalue weighted by Crippen LogP contribution is 2.23. The van der Waals surface area contributed by atoms with Crippen LogP contribution in [0.3, 0.4) is 0 Å². The standard InChI is InChI=1S/C10H17N5.2ClH/c11-9-8(6-13-10(12)15-9)14-7-4-2-1-3-5-7;;/h6-7,14H,1-5H2,(H4,11,12,13,15);2*1H. The molecule has 0 atom stereocenters. The van der Waals surface area contributed by atoms with Gasteiger partial charge in [0.15, 0.2) is 5.82 Å². The first kappa shape index (κ1) is 16.1. The first-order valence-corrected chi connectivity index (χ1v) is 5.40. The van der Waals surface area contributed by atoms with Crippen LogP contribution in [-0.4, -0.2) is 16.0 Å². The summed E-state index contributed by atoms with van der Waals surface area (Å²) < 4.78 is 0. The van der Waals surface area contributed by atoms with Gasteiger partial charge in [-0.05, 0) is 12.8 Å². The van der Waals surface area contributed by atoms with Gasteiger partial charge in [-0.3, -0.25) is 0 Å². The van der Waals surface area contributed by atoms with Crippen molar-refractivity contribution >= 4 is 42.3 Å². The molecular weight excluding hydrogens is 261 g/mol. The van der Waals surface area contributed by atoms with Crippen molar-refractivity contribution in [1.29, 1.82) is 0 Å². The van der Waals surface area contributed by atoms with E-state index in [-0.39, 0.29) is 30.8 Å². The van der Waals surface area contributed by atoms with Gasteiger partial charge < -0.3 is 16.8 Å². The number of rotatable bonds is 2. The number of hydrogen-bond acceptors (Lipinski definition) is 5. The Bertz CT molecular complexity index is 341. The number of halogens is 2. The Morgan fingerprint density at radius 2 is 1.76 bits per heavy atom. The van der Waals surface area contributed by atoms with Crippen LogP contribution in [0.4, 0.5) is 17.5 Å². The lowest BCUT2D eigenvalue weighted by atomic mass is 9.95. The number of nitrogens with zero attached hydrogens (tertiary/aromatic N) is 2. The van der Waals surface area contributed by atoms with Crippen LogP contribution in [0.1, 0.15) is 32.1 Å². The number of anilines is 3. The molecule has 0 amide bonds. The van der Waals surface area contributed by atoms with E-state index in [9.17, 15) is 0 Å². The van der Waals surface area contributed by atoms with Crippen LogP contribution in [0.25, 0.3) is 0 Å². The first-order valence-electron chi connectivity index (χ1n) is 5.40. The minimum absolute atomic E-state index is 0. The summed E-state index contributed by atoms with van der Waals surface area (Å²) in [5.41, 5.74) is 12.0. The molecule has 1 aliphatic rings. The fourth-order valence-electron chi connectivity index (χ4n) is 1.99. The van der Waals surface area contributed by atoms with Crippen molar-refractivity contribution < 1.29 is 0 Å². The van der Waals surface area contributed by atoms with E-state index in [4.69, 9.17) is 11.5 Å². The van der Waals surface area contributed by atoms with Gasteiger partial charge in [0.05, 0.1) is 11.9 Å². The molecule has 1 aromatic rings. The van der Waals surface area contributed by atoms with Crippen LogP contribution in [0, 0.1) is 0 Å². The lowest BCUT2D eigenvalue weighted by Gasteiger charge is -2.24. The highest BCUT2D eigenvalue weighted by atomic mass is 35.5. The van der Waals surface area contributed by atoms with Gasteiger partial charge >= 0.3 is 0 Å². The fraction of sp³-hybridized carbons (Fsp3) is 0.600. The zero-order valence-electron chi connectivity index (χ0n) is 9.56. The van der Waals surface area contributed by atoms with Crippen LogP contribution in [0.2, 0.25) is 0 Å². The van der Waals surface area contributed by atoms with Gasteiger partial charge in [-0.25, -0.2) is 4.98 Å². The third kappa shape index (κ3) is 4.44. The molecule has 5 nitrogen and oxygen atoms in total. The maximum absolute atomic E-state index is 5.74. The van der Waals surface area contributed by atoms with Crippen LogP contribution in [-0.2, 0) is 0 Å². The van der Waals surface area contributed by atoms with Gasteiger partial charge in [0.25, 0.3) is 0 Å². The van der Waals surface area contributed by atoms with E-state index >= 15 is 0 Å². The molecule has 0 saturated heterocycles. The summed E-state index contributed by atoms with van der Waals surface area (Å²) in [7, 11) is 0. The molecule has 0 radical (unpaired) electrons. The second-order valence-corrected chi connectivity index (χ2v) is 4.01. The lowest BCUT2D eigenvalue weighted by Crippen LogP contribution is -2.23. The molecule has 1 heterocycles. The average molecular weight is 280 g/mol. The van der Waals surface area contributed by atoms with E-state index in [2.05, 4.69) is 15.3 Å². The Morgan fingerprint density at radius 3 is 2.35 bits per heavy atom. The van der Waals surface area contributed by atoms with E-state index in [0.29, 0.717) is 11.9 Å². The van der Waals surface area contributed by atoms with E-state index < -0.39 is 0 Å². The Hall–Kier alpha value is -0.940. The Labute approximate surface area is 114 Å². The Kier molecular flexibility index (Phi) is 6.99. The molecule has 0 aromatic carbocycles. The number of nitrogens with two attached hydrogens (primary N) is 2. The molecule has 1 aromatic heterocycles. The Morgan fingerprint density at radius 1 is 1.12 bits per heavy atom. The number of hydrogen-bond donors (Lipinski definition) is 3. The molecule has 1 saturated carbocycles. The fourth-order valence-corrected chi connectivity index (χ4v) is 1.99. The number of nitrogen functional groups attached to an aromatic ring is 2. The zero-order chi connectivity index (χ0) is 10.7. The number of nitrogens with one attached hydrogen (secondary N) is 1. The van der Waals surface area contributed by atoms with E-state index in [1.54, 1.807) is 6.20 Å². The maximum atomic E-state index is 5.74. The molecule has 0 unspecified atom stereocenters. The molecule has 98 valence electrons. The summed E-state index contributed by atoms with van der Waals surface area (Å²) >= 11 is 0. The van der Waals surface area contributed by atoms with Gasteiger partial charge in [-0.15, -0.1) is 24.8 Å². The first-order chi connectivity index (χ1) is 7.25. The van der Waals surface area contributed by atoms with Crippen molar-refractivity contribution in [2.45, 2.75) is 38.1 Å². The maximum Gasteiger partial charge on any atom is 0.222 e. The molecular formula is C10H19Cl2N5. The molecule has 0 aliphatic heterocycles. The SMILES string of the molecule is Cl.Cl.Nc1ncc(NC2CCCCC2)c(N)n1. The van der Waals surface area contributed by atoms with Gasteiger partial charge in [0, 0.05) is 6.04 Å². The molecule has 0 bridgehead atoms. The largest absolute Gasteiger partial charge is 0.382 e. The predicted molar refractivity (Wildman–Crippen MR) is 75.8 cm³/mol. The molecule has 1 fully saturated rings. The van der Waals surface area contributed by atoms with Crippen molar-refractivity contribution in [3.63, 3.8) is 0 Å². The second-order valence-electron chi connectivity index (χ2n) is 4.01. The lowest BCUT2D eigenvalue weighted by molar-refractivity contribution is 0.462. The summed E-state index contributed by atoms with van der Waals surface area (Å²) in [6, 6.07) is 0.508. The molecule has 1 aliphatic carbocycles. The Balaban J connectivity index is 0.00000128. The summed E-state index contributed by atoms with van der Waals surface area (Å²) in [5.74, 6) is 0.662. The quantitative estimate of drug-likeness (QED) is 0.773. The van der Waals surface area contributed by atoms with Crippen LogP contribution < -0.4 is 16.8 Å². The van der Waals surface area contributed by atoms with Crippen molar-refractivity contribution in [2.75, 3.05) is 16.8 Å². The van der Waals surface area contributed by atoms with Crippen molar-refractivity contribution in [3.8, 4) is 0 Å². The summed E-state index contributed by atoms with van der Waals surface area (Å²) in [6.45, 7) is 0. The molecule has 7 heteroatoms. The monoisotopic (exact) mass is 279 g/mol.